The summed E-state index contributed by atoms with van der Waals surface area (Å²) in [7, 11) is 0. The summed E-state index contributed by atoms with van der Waals surface area (Å²) in [6.45, 7) is 4.66. The summed E-state index contributed by atoms with van der Waals surface area (Å²) in [6.07, 6.45) is 1.65. The first-order valence-electron chi connectivity index (χ1n) is 12.3. The van der Waals surface area contributed by atoms with Gasteiger partial charge in [-0.25, -0.2) is 0 Å². The van der Waals surface area contributed by atoms with Crippen LogP contribution in [0.3, 0.4) is 0 Å². The van der Waals surface area contributed by atoms with Crippen molar-refractivity contribution in [2.75, 3.05) is 11.5 Å². The Morgan fingerprint density at radius 1 is 0.541 bits per heavy atom. The number of benzene rings is 4. The Labute approximate surface area is 245 Å². The molecule has 0 saturated heterocycles. The quantitative estimate of drug-likeness (QED) is 0.178. The van der Waals surface area contributed by atoms with Gasteiger partial charge in [0.25, 0.3) is 0 Å². The van der Waals surface area contributed by atoms with Gasteiger partial charge in [-0.3, -0.25) is 0 Å². The fourth-order valence-corrected chi connectivity index (χ4v) is 7.32. The zero-order chi connectivity index (χ0) is 26.5. The van der Waals surface area contributed by atoms with Crippen molar-refractivity contribution < 1.29 is 0 Å². The van der Waals surface area contributed by atoms with Crippen molar-refractivity contribution in [1.82, 2.24) is 0 Å². The average Bonchev–Trinajstić information content (AvgIpc) is 2.89. The zero-order valence-corrected chi connectivity index (χ0v) is 24.8. The average molecular weight is 588 g/mol. The van der Waals surface area contributed by atoms with Crippen LogP contribution in [0.2, 0.25) is 20.1 Å². The molecule has 0 N–H and O–H groups in total. The van der Waals surface area contributed by atoms with Crippen LogP contribution in [-0.4, -0.2) is 11.5 Å². The van der Waals surface area contributed by atoms with E-state index in [4.69, 9.17) is 46.4 Å². The van der Waals surface area contributed by atoms with Gasteiger partial charge in [0.2, 0.25) is 0 Å². The molecule has 0 bridgehead atoms. The van der Waals surface area contributed by atoms with Gasteiger partial charge in [-0.15, -0.1) is 0 Å². The van der Waals surface area contributed by atoms with E-state index in [1.807, 2.05) is 48.2 Å². The highest BCUT2D eigenvalue weighted by molar-refractivity contribution is 7.99. The monoisotopic (exact) mass is 586 g/mol. The Balaban J connectivity index is 1.60. The lowest BCUT2D eigenvalue weighted by Gasteiger charge is -2.35. The van der Waals surface area contributed by atoms with E-state index in [1.165, 1.54) is 11.1 Å². The summed E-state index contributed by atoms with van der Waals surface area (Å²) in [4.78, 5) is 0. The molecular formula is C32H30Cl4S. The van der Waals surface area contributed by atoms with E-state index in [2.05, 4.69) is 74.5 Å². The van der Waals surface area contributed by atoms with Crippen LogP contribution in [0.15, 0.2) is 97.1 Å². The van der Waals surface area contributed by atoms with Crippen LogP contribution >= 0.6 is 58.2 Å². The highest BCUT2D eigenvalue weighted by atomic mass is 35.5. The maximum atomic E-state index is 6.61. The first-order chi connectivity index (χ1) is 17.7. The van der Waals surface area contributed by atoms with Gasteiger partial charge in [0.1, 0.15) is 0 Å². The molecule has 0 radical (unpaired) electrons. The molecule has 4 rings (SSSR count). The Hall–Kier alpha value is -1.61. The fraction of sp³-hybridized carbons (Fsp3) is 0.250. The van der Waals surface area contributed by atoms with E-state index in [0.717, 1.165) is 35.5 Å². The third-order valence-corrected chi connectivity index (χ3v) is 9.83. The van der Waals surface area contributed by atoms with E-state index in [0.29, 0.717) is 20.1 Å². The minimum Gasteiger partial charge on any atom is -0.160 e. The standard InChI is InChI=1S/C32H30Cl4S/c1-31(25-9-5-3-6-10-25,19-23-13-15-27(33)17-29(23)35)21-37-22-32(2,26-11-7-4-8-12-26)20-24-14-16-28(34)18-30(24)36/h3-18H,19-22H2,1-2H3. The molecule has 192 valence electrons. The third kappa shape index (κ3) is 7.28. The molecular weight excluding hydrogens is 558 g/mol. The van der Waals surface area contributed by atoms with E-state index in [1.54, 1.807) is 0 Å². The molecule has 0 aliphatic carbocycles. The fourth-order valence-electron chi connectivity index (χ4n) is 4.83. The van der Waals surface area contributed by atoms with Crippen molar-refractivity contribution in [3.05, 3.63) is 139 Å². The van der Waals surface area contributed by atoms with Gasteiger partial charge in [-0.1, -0.05) is 133 Å². The first kappa shape index (κ1) is 28.4. The van der Waals surface area contributed by atoms with Crippen LogP contribution in [0.25, 0.3) is 0 Å². The number of hydrogen-bond acceptors (Lipinski definition) is 1. The molecule has 4 aromatic rings. The first-order valence-corrected chi connectivity index (χ1v) is 14.9. The molecule has 0 fully saturated rings. The molecule has 0 spiro atoms. The summed E-state index contributed by atoms with van der Waals surface area (Å²) < 4.78 is 0. The molecule has 2 atom stereocenters. The maximum Gasteiger partial charge on any atom is 0.0453 e. The van der Waals surface area contributed by atoms with Crippen molar-refractivity contribution in [1.29, 1.82) is 0 Å². The van der Waals surface area contributed by atoms with Crippen LogP contribution in [0, 0.1) is 0 Å². The van der Waals surface area contributed by atoms with Gasteiger partial charge in [0.05, 0.1) is 0 Å². The molecule has 5 heteroatoms. The largest absolute Gasteiger partial charge is 0.160 e. The number of halogens is 4. The maximum absolute atomic E-state index is 6.61. The molecule has 0 aliphatic heterocycles. The van der Waals surface area contributed by atoms with Gasteiger partial charge in [-0.05, 0) is 59.4 Å². The van der Waals surface area contributed by atoms with Gasteiger partial charge in [-0.2, -0.15) is 11.8 Å². The van der Waals surface area contributed by atoms with Gasteiger partial charge in [0.15, 0.2) is 0 Å². The van der Waals surface area contributed by atoms with Crippen molar-refractivity contribution in [2.45, 2.75) is 37.5 Å². The van der Waals surface area contributed by atoms with Gasteiger partial charge >= 0.3 is 0 Å². The van der Waals surface area contributed by atoms with Crippen LogP contribution in [0.4, 0.5) is 0 Å². The lowest BCUT2D eigenvalue weighted by molar-refractivity contribution is 0.519. The van der Waals surface area contributed by atoms with Crippen molar-refractivity contribution in [3.8, 4) is 0 Å². The normalized spacial score (nSPS) is 14.6. The second-order valence-corrected chi connectivity index (χ2v) is 12.8. The minimum atomic E-state index is -0.112. The number of thioether (sulfide) groups is 1. The Kier molecular flexibility index (Phi) is 9.59. The lowest BCUT2D eigenvalue weighted by atomic mass is 9.78. The minimum absolute atomic E-state index is 0.112. The van der Waals surface area contributed by atoms with Crippen molar-refractivity contribution >= 4 is 58.2 Å². The molecule has 37 heavy (non-hydrogen) atoms. The van der Waals surface area contributed by atoms with Crippen LogP contribution in [0.5, 0.6) is 0 Å². The Bertz CT molecular complexity index is 1220. The summed E-state index contributed by atoms with van der Waals surface area (Å²) in [5.74, 6) is 1.87. The summed E-state index contributed by atoms with van der Waals surface area (Å²) in [5.41, 5.74) is 4.59. The summed E-state index contributed by atoms with van der Waals surface area (Å²) >= 11 is 27.6. The topological polar surface area (TPSA) is 0 Å². The van der Waals surface area contributed by atoms with Gasteiger partial charge < -0.3 is 0 Å². The number of hydrogen-bond donors (Lipinski definition) is 0. The molecule has 0 heterocycles. The van der Waals surface area contributed by atoms with E-state index in [9.17, 15) is 0 Å². The van der Waals surface area contributed by atoms with Gasteiger partial charge in [0, 0.05) is 42.4 Å². The van der Waals surface area contributed by atoms with Crippen molar-refractivity contribution in [2.24, 2.45) is 0 Å². The SMILES string of the molecule is CC(CSCC(C)(Cc1ccc(Cl)cc1Cl)c1ccccc1)(Cc1ccc(Cl)cc1Cl)c1ccccc1. The van der Waals surface area contributed by atoms with E-state index >= 15 is 0 Å². The Morgan fingerprint density at radius 3 is 1.27 bits per heavy atom. The highest BCUT2D eigenvalue weighted by Gasteiger charge is 2.32. The smallest absolute Gasteiger partial charge is 0.0453 e. The van der Waals surface area contributed by atoms with Crippen molar-refractivity contribution in [3.63, 3.8) is 0 Å². The third-order valence-electron chi connectivity index (χ3n) is 6.97. The Morgan fingerprint density at radius 2 is 0.919 bits per heavy atom. The van der Waals surface area contributed by atoms with E-state index in [-0.39, 0.29) is 10.8 Å². The molecule has 0 aliphatic rings. The van der Waals surface area contributed by atoms with E-state index < -0.39 is 0 Å². The molecule has 4 aromatic carbocycles. The lowest BCUT2D eigenvalue weighted by Crippen LogP contribution is -2.32. The second-order valence-electron chi connectivity index (χ2n) is 10.2. The molecule has 0 saturated carbocycles. The number of rotatable bonds is 10. The van der Waals surface area contributed by atoms with Crippen LogP contribution in [0.1, 0.15) is 36.1 Å². The molecule has 0 nitrogen and oxygen atoms in total. The summed E-state index contributed by atoms with van der Waals surface area (Å²) in [6, 6.07) is 33.0. The zero-order valence-electron chi connectivity index (χ0n) is 21.0. The van der Waals surface area contributed by atoms with Crippen LogP contribution in [-0.2, 0) is 23.7 Å². The highest BCUT2D eigenvalue weighted by Crippen LogP contribution is 2.39. The van der Waals surface area contributed by atoms with Crippen LogP contribution < -0.4 is 0 Å². The molecule has 0 aromatic heterocycles. The molecule has 2 unspecified atom stereocenters. The second kappa shape index (κ2) is 12.5. The predicted molar refractivity (Wildman–Crippen MR) is 165 cm³/mol. The molecule has 0 amide bonds. The predicted octanol–water partition coefficient (Wildman–Crippen LogP) is 10.7. The summed E-state index contributed by atoms with van der Waals surface area (Å²) in [5, 5.41) is 2.74.